The van der Waals surface area contributed by atoms with E-state index in [1.54, 1.807) is 30.1 Å². The Balaban J connectivity index is 1.66. The Hall–Kier alpha value is -3.08. The molecule has 0 saturated carbocycles. The minimum Gasteiger partial charge on any atom is -0.508 e. The van der Waals surface area contributed by atoms with Crippen molar-refractivity contribution in [1.29, 1.82) is 0 Å². The maximum atomic E-state index is 12.4. The first-order valence-corrected chi connectivity index (χ1v) is 7.69. The number of phenolic OH excluding ortho intramolecular Hbond substituents is 1. The molecule has 2 aromatic carbocycles. The van der Waals surface area contributed by atoms with Crippen molar-refractivity contribution in [2.75, 3.05) is 13.6 Å². The van der Waals surface area contributed by atoms with Crippen LogP contribution in [0.15, 0.2) is 65.2 Å². The number of aromatic hydroxyl groups is 1. The molecule has 3 aromatic rings. The van der Waals surface area contributed by atoms with Crippen LogP contribution < -0.4 is 0 Å². The van der Waals surface area contributed by atoms with Crippen LogP contribution in [0.25, 0.3) is 11.3 Å². The van der Waals surface area contributed by atoms with Gasteiger partial charge < -0.3 is 14.5 Å². The quantitative estimate of drug-likeness (QED) is 0.782. The molecule has 122 valence electrons. The van der Waals surface area contributed by atoms with E-state index in [2.05, 4.69) is 5.16 Å². The van der Waals surface area contributed by atoms with Gasteiger partial charge in [0.25, 0.3) is 5.91 Å². The number of amides is 1. The van der Waals surface area contributed by atoms with Crippen LogP contribution in [0.4, 0.5) is 0 Å². The molecule has 1 N–H and O–H groups in total. The second-order valence-electron chi connectivity index (χ2n) is 5.55. The Labute approximate surface area is 140 Å². The summed E-state index contributed by atoms with van der Waals surface area (Å²) in [6.45, 7) is 0.470. The summed E-state index contributed by atoms with van der Waals surface area (Å²) < 4.78 is 5.19. The van der Waals surface area contributed by atoms with Crippen molar-refractivity contribution >= 4 is 5.91 Å². The SMILES string of the molecule is CN(CCc1ccccc1O)C(=O)c1cc(-c2ccccc2)no1. The topological polar surface area (TPSA) is 66.6 Å². The van der Waals surface area contributed by atoms with Crippen molar-refractivity contribution in [1.82, 2.24) is 10.1 Å². The zero-order valence-electron chi connectivity index (χ0n) is 13.3. The molecule has 0 saturated heterocycles. The first-order chi connectivity index (χ1) is 11.6. The van der Waals surface area contributed by atoms with Crippen molar-refractivity contribution in [3.63, 3.8) is 0 Å². The van der Waals surface area contributed by atoms with Gasteiger partial charge in [0.2, 0.25) is 5.76 Å². The second kappa shape index (κ2) is 7.00. The number of likely N-dealkylation sites (N-methyl/N-ethyl adjacent to an activating group) is 1. The van der Waals surface area contributed by atoms with E-state index in [1.807, 2.05) is 42.5 Å². The lowest BCUT2D eigenvalue weighted by atomic mass is 10.1. The van der Waals surface area contributed by atoms with Crippen molar-refractivity contribution in [2.45, 2.75) is 6.42 Å². The maximum Gasteiger partial charge on any atom is 0.292 e. The molecule has 24 heavy (non-hydrogen) atoms. The summed E-state index contributed by atoms with van der Waals surface area (Å²) in [5.41, 5.74) is 2.34. The average Bonchev–Trinajstić information content (AvgIpc) is 3.11. The highest BCUT2D eigenvalue weighted by atomic mass is 16.5. The molecule has 0 bridgehead atoms. The number of rotatable bonds is 5. The predicted molar refractivity (Wildman–Crippen MR) is 90.7 cm³/mol. The van der Waals surface area contributed by atoms with Crippen molar-refractivity contribution in [3.8, 4) is 17.0 Å². The number of phenols is 1. The van der Waals surface area contributed by atoms with Gasteiger partial charge in [0.05, 0.1) is 0 Å². The zero-order chi connectivity index (χ0) is 16.9. The van der Waals surface area contributed by atoms with Crippen LogP contribution in [0.1, 0.15) is 16.1 Å². The molecule has 1 aromatic heterocycles. The molecule has 5 nitrogen and oxygen atoms in total. The van der Waals surface area contributed by atoms with E-state index in [1.165, 1.54) is 0 Å². The van der Waals surface area contributed by atoms with Gasteiger partial charge in [-0.25, -0.2) is 0 Å². The van der Waals surface area contributed by atoms with Gasteiger partial charge in [-0.1, -0.05) is 53.7 Å². The van der Waals surface area contributed by atoms with E-state index in [0.29, 0.717) is 18.7 Å². The van der Waals surface area contributed by atoms with Gasteiger partial charge in [-0.15, -0.1) is 0 Å². The minimum absolute atomic E-state index is 0.202. The number of para-hydroxylation sites is 1. The summed E-state index contributed by atoms with van der Waals surface area (Å²) in [5.74, 6) is 0.207. The summed E-state index contributed by atoms with van der Waals surface area (Å²) in [4.78, 5) is 14.0. The monoisotopic (exact) mass is 322 g/mol. The van der Waals surface area contributed by atoms with E-state index in [9.17, 15) is 9.90 Å². The highest BCUT2D eigenvalue weighted by molar-refractivity contribution is 5.92. The maximum absolute atomic E-state index is 12.4. The number of carbonyl (C=O) groups excluding carboxylic acids is 1. The summed E-state index contributed by atoms with van der Waals surface area (Å²) in [6.07, 6.45) is 0.564. The molecule has 0 atom stereocenters. The molecule has 3 rings (SSSR count). The molecule has 1 heterocycles. The lowest BCUT2D eigenvalue weighted by Crippen LogP contribution is -2.28. The molecule has 0 spiro atoms. The number of hydrogen-bond acceptors (Lipinski definition) is 4. The summed E-state index contributed by atoms with van der Waals surface area (Å²) in [5, 5.41) is 13.7. The lowest BCUT2D eigenvalue weighted by molar-refractivity contribution is 0.0755. The Morgan fingerprint density at radius 2 is 1.83 bits per heavy atom. The van der Waals surface area contributed by atoms with Crippen LogP contribution in [-0.4, -0.2) is 34.7 Å². The van der Waals surface area contributed by atoms with Gasteiger partial charge in [-0.3, -0.25) is 4.79 Å². The summed E-state index contributed by atoms with van der Waals surface area (Å²) >= 11 is 0. The average molecular weight is 322 g/mol. The number of aromatic nitrogens is 1. The molecule has 5 heteroatoms. The fraction of sp³-hybridized carbons (Fsp3) is 0.158. The number of benzene rings is 2. The predicted octanol–water partition coefficient (Wildman–Crippen LogP) is 3.36. The van der Waals surface area contributed by atoms with Crippen LogP contribution in [0.5, 0.6) is 5.75 Å². The molecule has 0 radical (unpaired) electrons. The van der Waals surface area contributed by atoms with E-state index in [0.717, 1.165) is 11.1 Å². The molecule has 0 aliphatic carbocycles. The molecule has 1 amide bonds. The largest absolute Gasteiger partial charge is 0.508 e. The minimum atomic E-state index is -0.236. The van der Waals surface area contributed by atoms with Gasteiger partial charge in [-0.05, 0) is 18.1 Å². The Morgan fingerprint density at radius 1 is 1.12 bits per heavy atom. The van der Waals surface area contributed by atoms with E-state index >= 15 is 0 Å². The Morgan fingerprint density at radius 3 is 2.58 bits per heavy atom. The van der Waals surface area contributed by atoms with Crippen LogP contribution in [0.2, 0.25) is 0 Å². The van der Waals surface area contributed by atoms with Gasteiger partial charge in [0.15, 0.2) is 0 Å². The Bertz CT molecular complexity index is 827. The lowest BCUT2D eigenvalue weighted by Gasteiger charge is -2.15. The fourth-order valence-corrected chi connectivity index (χ4v) is 2.42. The third-order valence-electron chi connectivity index (χ3n) is 3.85. The summed E-state index contributed by atoms with van der Waals surface area (Å²) in [7, 11) is 1.70. The van der Waals surface area contributed by atoms with Gasteiger partial charge in [-0.2, -0.15) is 0 Å². The standard InChI is InChI=1S/C19H18N2O3/c1-21(12-11-15-9-5-6-10-17(15)22)19(23)18-13-16(20-24-18)14-7-3-2-4-8-14/h2-10,13,22H,11-12H2,1H3. The third-order valence-corrected chi connectivity index (χ3v) is 3.85. The molecule has 0 aliphatic rings. The molecule has 0 unspecified atom stereocenters. The van der Waals surface area contributed by atoms with E-state index < -0.39 is 0 Å². The second-order valence-corrected chi connectivity index (χ2v) is 5.55. The highest BCUT2D eigenvalue weighted by Crippen LogP contribution is 2.20. The first kappa shape index (κ1) is 15.8. The van der Waals surface area contributed by atoms with Crippen LogP contribution in [-0.2, 0) is 6.42 Å². The van der Waals surface area contributed by atoms with Gasteiger partial charge in [0, 0.05) is 25.2 Å². The van der Waals surface area contributed by atoms with Crippen LogP contribution in [0, 0.1) is 0 Å². The van der Waals surface area contributed by atoms with Crippen LogP contribution in [0.3, 0.4) is 0 Å². The third kappa shape index (κ3) is 3.46. The van der Waals surface area contributed by atoms with Crippen molar-refractivity contribution < 1.29 is 14.4 Å². The highest BCUT2D eigenvalue weighted by Gasteiger charge is 2.18. The Kier molecular flexibility index (Phi) is 4.61. The molecule has 0 aliphatic heterocycles. The van der Waals surface area contributed by atoms with Crippen LogP contribution >= 0.6 is 0 Å². The molecular formula is C19H18N2O3. The van der Waals surface area contributed by atoms with E-state index in [4.69, 9.17) is 4.52 Å². The number of nitrogens with zero attached hydrogens (tertiary/aromatic N) is 2. The summed E-state index contributed by atoms with van der Waals surface area (Å²) in [6, 6.07) is 18.3. The molecule has 0 fully saturated rings. The molecular weight excluding hydrogens is 304 g/mol. The zero-order valence-corrected chi connectivity index (χ0v) is 13.3. The first-order valence-electron chi connectivity index (χ1n) is 7.69. The van der Waals surface area contributed by atoms with Gasteiger partial charge in [0.1, 0.15) is 11.4 Å². The number of hydrogen-bond donors (Lipinski definition) is 1. The fourth-order valence-electron chi connectivity index (χ4n) is 2.42. The van der Waals surface area contributed by atoms with Crippen molar-refractivity contribution in [2.24, 2.45) is 0 Å². The number of carbonyl (C=O) groups is 1. The smallest absolute Gasteiger partial charge is 0.292 e. The normalized spacial score (nSPS) is 10.5. The van der Waals surface area contributed by atoms with Gasteiger partial charge >= 0.3 is 0 Å². The van der Waals surface area contributed by atoms with E-state index in [-0.39, 0.29) is 17.4 Å². The van der Waals surface area contributed by atoms with Crippen molar-refractivity contribution in [3.05, 3.63) is 72.0 Å².